The molecule has 1 saturated heterocycles. The predicted molar refractivity (Wildman–Crippen MR) is 71.2 cm³/mol. The van der Waals surface area contributed by atoms with Crippen molar-refractivity contribution in [1.29, 1.82) is 0 Å². The molecule has 1 aromatic carbocycles. The van der Waals surface area contributed by atoms with Gasteiger partial charge in [-0.1, -0.05) is 6.07 Å². The lowest BCUT2D eigenvalue weighted by molar-refractivity contribution is -0.119. The summed E-state index contributed by atoms with van der Waals surface area (Å²) in [7, 11) is 0. The van der Waals surface area contributed by atoms with E-state index in [0.717, 1.165) is 12.8 Å². The summed E-state index contributed by atoms with van der Waals surface area (Å²) in [5, 5.41) is 9.44. The molecule has 3 N–H and O–H groups in total. The monoisotopic (exact) mass is 266 g/mol. The number of halogens is 1. The van der Waals surface area contributed by atoms with Crippen LogP contribution in [0, 0.1) is 5.82 Å². The van der Waals surface area contributed by atoms with E-state index in [2.05, 4.69) is 0 Å². The number of nitrogens with zero attached hydrogens (tertiary/aromatic N) is 1. The standard InChI is InChI=1S/C14H19FN2O2/c1-9(18)10-5-6-12(11(15)8-10)17-7-3-2-4-13(17)14(16)19/h5-6,8-9,13,18H,2-4,7H2,1H3,(H2,16,19)/t9-,13?/m0/s1. The van der Waals surface area contributed by atoms with Crippen molar-refractivity contribution in [3.63, 3.8) is 0 Å². The molecular weight excluding hydrogens is 247 g/mol. The van der Waals surface area contributed by atoms with Crippen LogP contribution in [0.5, 0.6) is 0 Å². The lowest BCUT2D eigenvalue weighted by Crippen LogP contribution is -2.48. The Bertz CT molecular complexity index is 477. The van der Waals surface area contributed by atoms with E-state index >= 15 is 0 Å². The first kappa shape index (κ1) is 13.8. The largest absolute Gasteiger partial charge is 0.389 e. The van der Waals surface area contributed by atoms with Gasteiger partial charge in [-0.15, -0.1) is 0 Å². The lowest BCUT2D eigenvalue weighted by Gasteiger charge is -2.35. The van der Waals surface area contributed by atoms with Gasteiger partial charge in [-0.3, -0.25) is 4.79 Å². The zero-order valence-corrected chi connectivity index (χ0v) is 11.0. The van der Waals surface area contributed by atoms with Crippen molar-refractivity contribution >= 4 is 11.6 Å². The van der Waals surface area contributed by atoms with Crippen LogP contribution < -0.4 is 10.6 Å². The van der Waals surface area contributed by atoms with E-state index in [0.29, 0.717) is 24.2 Å². The average molecular weight is 266 g/mol. The van der Waals surface area contributed by atoms with E-state index in [9.17, 15) is 14.3 Å². The van der Waals surface area contributed by atoms with Crippen LogP contribution in [-0.2, 0) is 4.79 Å². The normalized spacial score (nSPS) is 21.2. The highest BCUT2D eigenvalue weighted by atomic mass is 19.1. The summed E-state index contributed by atoms with van der Waals surface area (Å²) in [6.07, 6.45) is 1.79. The maximum Gasteiger partial charge on any atom is 0.240 e. The molecule has 1 aromatic rings. The number of primary amides is 1. The van der Waals surface area contributed by atoms with Gasteiger partial charge in [-0.25, -0.2) is 4.39 Å². The van der Waals surface area contributed by atoms with Crippen molar-refractivity contribution in [1.82, 2.24) is 0 Å². The number of carbonyl (C=O) groups is 1. The highest BCUT2D eigenvalue weighted by Gasteiger charge is 2.28. The van der Waals surface area contributed by atoms with Crippen molar-refractivity contribution in [3.8, 4) is 0 Å². The van der Waals surface area contributed by atoms with Crippen LogP contribution in [0.3, 0.4) is 0 Å². The Morgan fingerprint density at radius 3 is 2.84 bits per heavy atom. The van der Waals surface area contributed by atoms with E-state index < -0.39 is 23.9 Å². The van der Waals surface area contributed by atoms with Gasteiger partial charge in [-0.05, 0) is 43.9 Å². The smallest absolute Gasteiger partial charge is 0.240 e. The molecule has 1 aliphatic rings. The van der Waals surface area contributed by atoms with Crippen LogP contribution in [0.25, 0.3) is 0 Å². The number of rotatable bonds is 3. The van der Waals surface area contributed by atoms with Gasteiger partial charge in [0.05, 0.1) is 11.8 Å². The zero-order chi connectivity index (χ0) is 14.0. The summed E-state index contributed by atoms with van der Waals surface area (Å²) in [5.74, 6) is -0.842. The number of aliphatic hydroxyl groups is 1. The molecule has 2 atom stereocenters. The second-order valence-electron chi connectivity index (χ2n) is 4.99. The molecule has 104 valence electrons. The second-order valence-corrected chi connectivity index (χ2v) is 4.99. The molecule has 19 heavy (non-hydrogen) atoms. The maximum absolute atomic E-state index is 14.1. The molecule has 1 fully saturated rings. The van der Waals surface area contributed by atoms with Gasteiger partial charge in [0.15, 0.2) is 0 Å². The third kappa shape index (κ3) is 2.87. The molecule has 0 radical (unpaired) electrons. The van der Waals surface area contributed by atoms with Crippen molar-refractivity contribution in [2.75, 3.05) is 11.4 Å². The van der Waals surface area contributed by atoms with E-state index in [4.69, 9.17) is 5.73 Å². The summed E-state index contributed by atoms with van der Waals surface area (Å²) in [5.41, 5.74) is 6.28. The van der Waals surface area contributed by atoms with Gasteiger partial charge in [0.2, 0.25) is 5.91 Å². The zero-order valence-electron chi connectivity index (χ0n) is 11.0. The number of hydrogen-bond acceptors (Lipinski definition) is 3. The molecule has 0 saturated carbocycles. The minimum atomic E-state index is -0.711. The Balaban J connectivity index is 2.31. The van der Waals surface area contributed by atoms with Crippen LogP contribution in [-0.4, -0.2) is 23.6 Å². The number of amides is 1. The molecule has 1 aliphatic heterocycles. The predicted octanol–water partition coefficient (Wildman–Crippen LogP) is 1.72. The first-order chi connectivity index (χ1) is 9.00. The Hall–Kier alpha value is -1.62. The molecule has 0 aromatic heterocycles. The van der Waals surface area contributed by atoms with Crippen molar-refractivity contribution in [2.24, 2.45) is 5.73 Å². The van der Waals surface area contributed by atoms with E-state index in [1.165, 1.54) is 6.07 Å². The SMILES string of the molecule is C[C@H](O)c1ccc(N2CCCCC2C(N)=O)c(F)c1. The van der Waals surface area contributed by atoms with Gasteiger partial charge < -0.3 is 15.7 Å². The Morgan fingerprint density at radius 2 is 2.26 bits per heavy atom. The van der Waals surface area contributed by atoms with Crippen LogP contribution in [0.15, 0.2) is 18.2 Å². The highest BCUT2D eigenvalue weighted by molar-refractivity contribution is 5.84. The van der Waals surface area contributed by atoms with Crippen molar-refractivity contribution in [3.05, 3.63) is 29.6 Å². The van der Waals surface area contributed by atoms with E-state index in [1.807, 2.05) is 0 Å². The first-order valence-electron chi connectivity index (χ1n) is 6.54. The van der Waals surface area contributed by atoms with Crippen LogP contribution in [0.1, 0.15) is 37.9 Å². The van der Waals surface area contributed by atoms with Gasteiger partial charge in [0.25, 0.3) is 0 Å². The number of aliphatic hydroxyl groups excluding tert-OH is 1. The number of hydrogen-bond donors (Lipinski definition) is 2. The summed E-state index contributed by atoms with van der Waals surface area (Å²) in [6.45, 7) is 2.21. The third-order valence-corrected chi connectivity index (χ3v) is 3.59. The molecule has 1 heterocycles. The van der Waals surface area contributed by atoms with Gasteiger partial charge in [0, 0.05) is 6.54 Å². The van der Waals surface area contributed by atoms with Crippen LogP contribution >= 0.6 is 0 Å². The number of piperidine rings is 1. The molecule has 0 bridgehead atoms. The Kier molecular flexibility index (Phi) is 4.04. The summed E-state index contributed by atoms with van der Waals surface area (Å²) in [6, 6.07) is 4.15. The molecule has 1 unspecified atom stereocenters. The molecule has 5 heteroatoms. The van der Waals surface area contributed by atoms with E-state index in [1.54, 1.807) is 24.0 Å². The van der Waals surface area contributed by atoms with Gasteiger partial charge >= 0.3 is 0 Å². The van der Waals surface area contributed by atoms with Crippen LogP contribution in [0.4, 0.5) is 10.1 Å². The highest BCUT2D eigenvalue weighted by Crippen LogP contribution is 2.29. The quantitative estimate of drug-likeness (QED) is 0.875. The second kappa shape index (κ2) is 5.57. The third-order valence-electron chi connectivity index (χ3n) is 3.59. The number of benzene rings is 1. The first-order valence-corrected chi connectivity index (χ1v) is 6.54. The average Bonchev–Trinajstić information content (AvgIpc) is 2.38. The van der Waals surface area contributed by atoms with Crippen LogP contribution in [0.2, 0.25) is 0 Å². The topological polar surface area (TPSA) is 66.6 Å². The molecule has 0 spiro atoms. The summed E-state index contributed by atoms with van der Waals surface area (Å²) < 4.78 is 14.1. The summed E-state index contributed by atoms with van der Waals surface area (Å²) >= 11 is 0. The fourth-order valence-corrected chi connectivity index (χ4v) is 2.53. The number of nitrogens with two attached hydrogens (primary N) is 1. The Morgan fingerprint density at radius 1 is 1.53 bits per heavy atom. The van der Waals surface area contributed by atoms with E-state index in [-0.39, 0.29) is 0 Å². The molecule has 1 amide bonds. The molecule has 0 aliphatic carbocycles. The fraction of sp³-hybridized carbons (Fsp3) is 0.500. The maximum atomic E-state index is 14.1. The Labute approximate surface area is 112 Å². The molecular formula is C14H19FN2O2. The molecule has 4 nitrogen and oxygen atoms in total. The number of carbonyl (C=O) groups excluding carboxylic acids is 1. The minimum Gasteiger partial charge on any atom is -0.389 e. The van der Waals surface area contributed by atoms with Gasteiger partial charge in [0.1, 0.15) is 11.9 Å². The fourth-order valence-electron chi connectivity index (χ4n) is 2.53. The summed E-state index contributed by atoms with van der Waals surface area (Å²) in [4.78, 5) is 13.2. The number of anilines is 1. The lowest BCUT2D eigenvalue weighted by atomic mass is 10.00. The minimum absolute atomic E-state index is 0.382. The molecule has 2 rings (SSSR count). The van der Waals surface area contributed by atoms with Crippen molar-refractivity contribution in [2.45, 2.75) is 38.3 Å². The van der Waals surface area contributed by atoms with Gasteiger partial charge in [-0.2, -0.15) is 0 Å². The van der Waals surface area contributed by atoms with Crippen molar-refractivity contribution < 1.29 is 14.3 Å².